The van der Waals surface area contributed by atoms with Gasteiger partial charge in [-0.3, -0.25) is 4.79 Å². The number of rotatable bonds is 5. The summed E-state index contributed by atoms with van der Waals surface area (Å²) >= 11 is 0. The first-order chi connectivity index (χ1) is 11.5. The normalized spacial score (nSPS) is 17.6. The minimum atomic E-state index is -2.53. The molecule has 0 bridgehead atoms. The number of hydrogen-bond acceptors (Lipinski definition) is 3. The molecule has 0 saturated heterocycles. The monoisotopic (exact) mass is 335 g/mol. The highest BCUT2D eigenvalue weighted by molar-refractivity contribution is 6.05. The summed E-state index contributed by atoms with van der Waals surface area (Å²) in [5.41, 5.74) is 1.80. The summed E-state index contributed by atoms with van der Waals surface area (Å²) in [6, 6.07) is 3.44. The van der Waals surface area contributed by atoms with Crippen LogP contribution in [0, 0.1) is 5.92 Å². The van der Waals surface area contributed by atoms with E-state index in [1.54, 1.807) is 12.1 Å². The predicted octanol–water partition coefficient (Wildman–Crippen LogP) is 3.89. The van der Waals surface area contributed by atoms with Gasteiger partial charge >= 0.3 is 0 Å². The molecule has 1 aromatic heterocycles. The molecule has 3 rings (SSSR count). The molecule has 128 valence electrons. The van der Waals surface area contributed by atoms with E-state index in [1.807, 2.05) is 0 Å². The number of fused-ring (bicyclic) bond motifs is 1. The van der Waals surface area contributed by atoms with Crippen molar-refractivity contribution in [1.29, 1.82) is 0 Å². The van der Waals surface area contributed by atoms with E-state index in [-0.39, 0.29) is 24.7 Å². The summed E-state index contributed by atoms with van der Waals surface area (Å²) in [5, 5.41) is 2.68. The Hall–Kier alpha value is -2.44. The van der Waals surface area contributed by atoms with Crippen LogP contribution in [0.1, 0.15) is 25.7 Å². The van der Waals surface area contributed by atoms with Crippen LogP contribution in [0.3, 0.4) is 0 Å². The standard InChI is InChI=1S/C17H19F2N3O2/c1-2-14(23)22-12-3-4-13(16-15(12)20-10-21-16)24-9-11-5-7-17(18,19)8-6-11/h2-4,10-11H,1,5-9H2,(H,20,21)(H,22,23). The molecule has 0 unspecified atom stereocenters. The van der Waals surface area contributed by atoms with Crippen molar-refractivity contribution in [1.82, 2.24) is 9.97 Å². The molecule has 1 saturated carbocycles. The van der Waals surface area contributed by atoms with Gasteiger partial charge in [0, 0.05) is 12.8 Å². The smallest absolute Gasteiger partial charge is 0.248 e. The summed E-state index contributed by atoms with van der Waals surface area (Å²) in [6.07, 6.45) is 3.48. The molecule has 0 aliphatic heterocycles. The largest absolute Gasteiger partial charge is 0.491 e. The first-order valence-corrected chi connectivity index (χ1v) is 7.88. The van der Waals surface area contributed by atoms with Crippen molar-refractivity contribution in [3.63, 3.8) is 0 Å². The van der Waals surface area contributed by atoms with Gasteiger partial charge in [-0.15, -0.1) is 0 Å². The highest BCUT2D eigenvalue weighted by atomic mass is 19.3. The van der Waals surface area contributed by atoms with Crippen molar-refractivity contribution in [2.75, 3.05) is 11.9 Å². The van der Waals surface area contributed by atoms with Crippen LogP contribution < -0.4 is 10.1 Å². The van der Waals surface area contributed by atoms with Gasteiger partial charge in [-0.05, 0) is 37.0 Å². The molecule has 1 aliphatic carbocycles. The minimum Gasteiger partial charge on any atom is -0.491 e. The number of alkyl halides is 2. The number of aromatic amines is 1. The van der Waals surface area contributed by atoms with Gasteiger partial charge in [-0.1, -0.05) is 6.58 Å². The Bertz CT molecular complexity index is 747. The first-order valence-electron chi connectivity index (χ1n) is 7.88. The molecule has 2 N–H and O–H groups in total. The lowest BCUT2D eigenvalue weighted by Crippen LogP contribution is -2.27. The maximum Gasteiger partial charge on any atom is 0.248 e. The van der Waals surface area contributed by atoms with Crippen molar-refractivity contribution in [2.24, 2.45) is 5.92 Å². The Balaban J connectivity index is 1.70. The Morgan fingerprint density at radius 1 is 1.46 bits per heavy atom. The van der Waals surface area contributed by atoms with Crippen molar-refractivity contribution in [3.05, 3.63) is 31.1 Å². The number of imidazole rings is 1. The maximum absolute atomic E-state index is 13.2. The van der Waals surface area contributed by atoms with E-state index in [2.05, 4.69) is 21.9 Å². The number of carbonyl (C=O) groups excluding carboxylic acids is 1. The van der Waals surface area contributed by atoms with Gasteiger partial charge in [0.25, 0.3) is 0 Å². The molecular weight excluding hydrogens is 316 g/mol. The average Bonchev–Trinajstić information content (AvgIpc) is 3.05. The molecule has 1 amide bonds. The molecule has 0 radical (unpaired) electrons. The van der Waals surface area contributed by atoms with Gasteiger partial charge in [0.05, 0.1) is 18.6 Å². The molecule has 24 heavy (non-hydrogen) atoms. The summed E-state index contributed by atoms with van der Waals surface area (Å²) in [4.78, 5) is 18.6. The van der Waals surface area contributed by atoms with Gasteiger partial charge in [0.15, 0.2) is 0 Å². The van der Waals surface area contributed by atoms with Gasteiger partial charge < -0.3 is 15.0 Å². The lowest BCUT2D eigenvalue weighted by molar-refractivity contribution is -0.111. The molecule has 5 nitrogen and oxygen atoms in total. The summed E-state index contributed by atoms with van der Waals surface area (Å²) in [5.74, 6) is -2.13. The second-order valence-electron chi connectivity index (χ2n) is 6.04. The van der Waals surface area contributed by atoms with Crippen molar-refractivity contribution in [3.8, 4) is 5.75 Å². The van der Waals surface area contributed by atoms with E-state index in [9.17, 15) is 13.6 Å². The van der Waals surface area contributed by atoms with E-state index in [4.69, 9.17) is 4.74 Å². The van der Waals surface area contributed by atoms with E-state index >= 15 is 0 Å². The zero-order valence-corrected chi connectivity index (χ0v) is 13.1. The van der Waals surface area contributed by atoms with Gasteiger partial charge in [0.2, 0.25) is 11.8 Å². The van der Waals surface area contributed by atoms with Crippen LogP contribution in [0.5, 0.6) is 5.75 Å². The summed E-state index contributed by atoms with van der Waals surface area (Å²) in [6.45, 7) is 3.81. The quantitative estimate of drug-likeness (QED) is 0.815. The molecule has 1 heterocycles. The third-order valence-corrected chi connectivity index (χ3v) is 4.30. The second kappa shape index (κ2) is 6.59. The van der Waals surface area contributed by atoms with E-state index in [0.29, 0.717) is 41.9 Å². The summed E-state index contributed by atoms with van der Waals surface area (Å²) in [7, 11) is 0. The number of nitrogens with one attached hydrogen (secondary N) is 2. The lowest BCUT2D eigenvalue weighted by atomic mass is 9.87. The van der Waals surface area contributed by atoms with Gasteiger partial charge in [-0.2, -0.15) is 0 Å². The zero-order chi connectivity index (χ0) is 17.2. The van der Waals surface area contributed by atoms with Crippen LogP contribution >= 0.6 is 0 Å². The number of H-pyrrole nitrogens is 1. The fourth-order valence-electron chi connectivity index (χ4n) is 2.89. The number of ether oxygens (including phenoxy) is 1. The van der Waals surface area contributed by atoms with Crippen LogP contribution in [0.4, 0.5) is 14.5 Å². The summed E-state index contributed by atoms with van der Waals surface area (Å²) < 4.78 is 32.2. The third-order valence-electron chi connectivity index (χ3n) is 4.30. The SMILES string of the molecule is C=CC(=O)Nc1ccc(OCC2CCC(F)(F)CC2)c2[nH]cnc12. The van der Waals surface area contributed by atoms with E-state index < -0.39 is 5.92 Å². The highest BCUT2D eigenvalue weighted by Gasteiger charge is 2.35. The van der Waals surface area contributed by atoms with Gasteiger partial charge in [0.1, 0.15) is 16.8 Å². The molecule has 1 aliphatic rings. The number of aromatic nitrogens is 2. The van der Waals surface area contributed by atoms with Crippen LogP contribution in [0.15, 0.2) is 31.1 Å². The van der Waals surface area contributed by atoms with Crippen LogP contribution in [-0.2, 0) is 4.79 Å². The van der Waals surface area contributed by atoms with Crippen molar-refractivity contribution in [2.45, 2.75) is 31.6 Å². The Morgan fingerprint density at radius 3 is 2.92 bits per heavy atom. The molecule has 2 aromatic rings. The van der Waals surface area contributed by atoms with Crippen LogP contribution in [-0.4, -0.2) is 28.4 Å². The molecule has 0 atom stereocenters. The van der Waals surface area contributed by atoms with Crippen LogP contribution in [0.25, 0.3) is 11.0 Å². The van der Waals surface area contributed by atoms with Crippen LogP contribution in [0.2, 0.25) is 0 Å². The van der Waals surface area contributed by atoms with Crippen molar-refractivity contribution >= 4 is 22.6 Å². The number of amides is 1. The molecule has 1 fully saturated rings. The van der Waals surface area contributed by atoms with E-state index in [1.165, 1.54) is 12.4 Å². The Labute approximate surface area is 138 Å². The third kappa shape index (κ3) is 3.55. The molecule has 7 heteroatoms. The second-order valence-corrected chi connectivity index (χ2v) is 6.04. The molecule has 1 aromatic carbocycles. The number of anilines is 1. The first kappa shape index (κ1) is 16.4. The predicted molar refractivity (Wildman–Crippen MR) is 87.3 cm³/mol. The van der Waals surface area contributed by atoms with Gasteiger partial charge in [-0.25, -0.2) is 13.8 Å². The molecule has 0 spiro atoms. The maximum atomic E-state index is 13.2. The Kier molecular flexibility index (Phi) is 4.51. The lowest BCUT2D eigenvalue weighted by Gasteiger charge is -2.28. The highest BCUT2D eigenvalue weighted by Crippen LogP contribution is 2.37. The minimum absolute atomic E-state index is 0.0764. The number of hydrogen-bond donors (Lipinski definition) is 2. The zero-order valence-electron chi connectivity index (χ0n) is 13.1. The topological polar surface area (TPSA) is 67.0 Å². The fraction of sp³-hybridized carbons (Fsp3) is 0.412. The number of nitrogens with zero attached hydrogens (tertiary/aromatic N) is 1. The van der Waals surface area contributed by atoms with Crippen molar-refractivity contribution < 1.29 is 18.3 Å². The Morgan fingerprint density at radius 2 is 2.21 bits per heavy atom. The number of halogens is 2. The average molecular weight is 335 g/mol. The van der Waals surface area contributed by atoms with E-state index in [0.717, 1.165) is 0 Å². The number of carbonyl (C=O) groups is 1. The molecular formula is C17H19F2N3O2. The fourth-order valence-corrected chi connectivity index (χ4v) is 2.89. The number of benzene rings is 1.